The van der Waals surface area contributed by atoms with Crippen molar-refractivity contribution in [3.05, 3.63) is 66.2 Å². The number of benzene rings is 2. The first-order valence-electron chi connectivity index (χ1n) is 9.05. The van der Waals surface area contributed by atoms with Crippen LogP contribution in [-0.4, -0.2) is 24.5 Å². The Balaban J connectivity index is 1.74. The SMILES string of the molecule is CCCN(C(=O)c1cc2cc3ccc(OC)cc3nc2o1)c1ccc(F)cc1. The van der Waals surface area contributed by atoms with Crippen LogP contribution in [0.25, 0.3) is 22.0 Å². The molecule has 28 heavy (non-hydrogen) atoms. The standard InChI is InChI=1S/C22H19FN2O3/c1-3-10-25(17-7-5-16(23)6-8-17)22(26)20-12-15-11-14-4-9-18(27-2)13-19(14)24-21(15)28-20/h4-9,11-13H,3,10H2,1-2H3. The van der Waals surface area contributed by atoms with Crippen LogP contribution in [0.2, 0.25) is 0 Å². The van der Waals surface area contributed by atoms with E-state index in [4.69, 9.17) is 9.15 Å². The summed E-state index contributed by atoms with van der Waals surface area (Å²) < 4.78 is 24.3. The molecule has 0 saturated heterocycles. The Morgan fingerprint density at radius 2 is 1.89 bits per heavy atom. The van der Waals surface area contributed by atoms with Crippen LogP contribution >= 0.6 is 0 Å². The molecule has 0 fully saturated rings. The zero-order valence-electron chi connectivity index (χ0n) is 15.6. The molecular formula is C22H19FN2O3. The fourth-order valence-corrected chi connectivity index (χ4v) is 3.16. The lowest BCUT2D eigenvalue weighted by atomic mass is 10.2. The Morgan fingerprint density at radius 3 is 2.61 bits per heavy atom. The number of methoxy groups -OCH3 is 1. The molecule has 0 bridgehead atoms. The first-order chi connectivity index (χ1) is 13.6. The van der Waals surface area contributed by atoms with Gasteiger partial charge in [-0.1, -0.05) is 6.92 Å². The smallest absolute Gasteiger partial charge is 0.294 e. The molecule has 2 aromatic carbocycles. The maximum absolute atomic E-state index is 13.3. The molecule has 0 spiro atoms. The van der Waals surface area contributed by atoms with Crippen molar-refractivity contribution in [1.82, 2.24) is 4.98 Å². The van der Waals surface area contributed by atoms with Crippen LogP contribution in [0.1, 0.15) is 23.9 Å². The van der Waals surface area contributed by atoms with E-state index in [9.17, 15) is 9.18 Å². The van der Waals surface area contributed by atoms with Gasteiger partial charge in [-0.25, -0.2) is 9.37 Å². The zero-order chi connectivity index (χ0) is 19.7. The summed E-state index contributed by atoms with van der Waals surface area (Å²) >= 11 is 0. The molecule has 1 amide bonds. The average Bonchev–Trinajstić information content (AvgIpc) is 3.13. The predicted molar refractivity (Wildman–Crippen MR) is 106 cm³/mol. The first kappa shape index (κ1) is 18.0. The third kappa shape index (κ3) is 3.29. The molecule has 0 unspecified atom stereocenters. The number of ether oxygens (including phenoxy) is 1. The van der Waals surface area contributed by atoms with Crippen molar-refractivity contribution in [2.45, 2.75) is 13.3 Å². The molecule has 0 aliphatic carbocycles. The van der Waals surface area contributed by atoms with Gasteiger partial charge in [-0.2, -0.15) is 0 Å². The molecule has 0 atom stereocenters. The van der Waals surface area contributed by atoms with Crippen molar-refractivity contribution in [3.8, 4) is 5.75 Å². The van der Waals surface area contributed by atoms with Crippen LogP contribution in [0.15, 0.2) is 59.0 Å². The van der Waals surface area contributed by atoms with Crippen molar-refractivity contribution in [2.75, 3.05) is 18.6 Å². The van der Waals surface area contributed by atoms with Crippen molar-refractivity contribution >= 4 is 33.6 Å². The van der Waals surface area contributed by atoms with Gasteiger partial charge >= 0.3 is 0 Å². The second kappa shape index (κ2) is 7.31. The number of halogens is 1. The van der Waals surface area contributed by atoms with Crippen molar-refractivity contribution in [2.24, 2.45) is 0 Å². The lowest BCUT2D eigenvalue weighted by Gasteiger charge is -2.21. The fraction of sp³-hybridized carbons (Fsp3) is 0.182. The Morgan fingerprint density at radius 1 is 1.11 bits per heavy atom. The molecule has 0 saturated carbocycles. The van der Waals surface area contributed by atoms with Gasteiger partial charge in [0.15, 0.2) is 5.76 Å². The van der Waals surface area contributed by atoms with Gasteiger partial charge in [0.1, 0.15) is 11.6 Å². The van der Waals surface area contributed by atoms with Crippen LogP contribution in [0.3, 0.4) is 0 Å². The molecule has 0 aliphatic heterocycles. The van der Waals surface area contributed by atoms with Gasteiger partial charge in [-0.15, -0.1) is 0 Å². The minimum Gasteiger partial charge on any atom is -0.497 e. The molecule has 142 valence electrons. The highest BCUT2D eigenvalue weighted by atomic mass is 19.1. The minimum absolute atomic E-state index is 0.197. The van der Waals surface area contributed by atoms with Gasteiger partial charge in [-0.3, -0.25) is 4.79 Å². The lowest BCUT2D eigenvalue weighted by molar-refractivity contribution is 0.0962. The number of nitrogens with zero attached hydrogens (tertiary/aromatic N) is 2. The molecule has 0 radical (unpaired) electrons. The van der Waals surface area contributed by atoms with Gasteiger partial charge in [0.25, 0.3) is 5.91 Å². The topological polar surface area (TPSA) is 55.6 Å². The van der Waals surface area contributed by atoms with Gasteiger partial charge in [0.05, 0.1) is 12.6 Å². The number of furan rings is 1. The summed E-state index contributed by atoms with van der Waals surface area (Å²) in [5.41, 5.74) is 1.74. The van der Waals surface area contributed by atoms with E-state index >= 15 is 0 Å². The number of hydrogen-bond donors (Lipinski definition) is 0. The lowest BCUT2D eigenvalue weighted by Crippen LogP contribution is -2.31. The summed E-state index contributed by atoms with van der Waals surface area (Å²) in [6.45, 7) is 2.47. The predicted octanol–water partition coefficient (Wildman–Crippen LogP) is 5.19. The number of aromatic nitrogens is 1. The molecule has 4 aromatic rings. The van der Waals surface area contributed by atoms with E-state index in [-0.39, 0.29) is 17.5 Å². The Hall–Kier alpha value is -3.41. The maximum Gasteiger partial charge on any atom is 0.294 e. The third-order valence-corrected chi connectivity index (χ3v) is 4.55. The number of pyridine rings is 1. The Kier molecular flexibility index (Phi) is 4.69. The van der Waals surface area contributed by atoms with E-state index in [1.54, 1.807) is 30.2 Å². The van der Waals surface area contributed by atoms with E-state index in [0.717, 1.165) is 22.7 Å². The Bertz CT molecular complexity index is 1150. The largest absolute Gasteiger partial charge is 0.497 e. The number of anilines is 1. The molecule has 4 rings (SSSR count). The quantitative estimate of drug-likeness (QED) is 0.480. The zero-order valence-corrected chi connectivity index (χ0v) is 15.6. The molecular weight excluding hydrogens is 359 g/mol. The summed E-state index contributed by atoms with van der Waals surface area (Å²) in [7, 11) is 1.60. The number of fused-ring (bicyclic) bond motifs is 2. The highest BCUT2D eigenvalue weighted by Gasteiger charge is 2.21. The van der Waals surface area contributed by atoms with Gasteiger partial charge in [0.2, 0.25) is 5.71 Å². The maximum atomic E-state index is 13.3. The molecule has 2 heterocycles. The highest BCUT2D eigenvalue weighted by Crippen LogP contribution is 2.27. The minimum atomic E-state index is -0.345. The van der Waals surface area contributed by atoms with Gasteiger partial charge < -0.3 is 14.1 Å². The highest BCUT2D eigenvalue weighted by molar-refractivity contribution is 6.06. The summed E-state index contributed by atoms with van der Waals surface area (Å²) in [5.74, 6) is 0.269. The number of hydrogen-bond acceptors (Lipinski definition) is 4. The number of carbonyl (C=O) groups excluding carboxylic acids is 1. The van der Waals surface area contributed by atoms with E-state index < -0.39 is 0 Å². The average molecular weight is 378 g/mol. The number of carbonyl (C=O) groups is 1. The van der Waals surface area contributed by atoms with E-state index in [1.807, 2.05) is 31.2 Å². The summed E-state index contributed by atoms with van der Waals surface area (Å²) in [6, 6.07) is 15.1. The van der Waals surface area contributed by atoms with Crippen molar-refractivity contribution < 1.29 is 18.3 Å². The summed E-state index contributed by atoms with van der Waals surface area (Å²) in [4.78, 5) is 19.2. The van der Waals surface area contributed by atoms with Crippen LogP contribution in [-0.2, 0) is 0 Å². The van der Waals surface area contributed by atoms with Crippen LogP contribution in [0, 0.1) is 5.82 Å². The molecule has 6 heteroatoms. The number of amides is 1. The van der Waals surface area contributed by atoms with E-state index in [1.165, 1.54) is 12.1 Å². The number of rotatable bonds is 5. The molecule has 5 nitrogen and oxygen atoms in total. The van der Waals surface area contributed by atoms with Crippen molar-refractivity contribution in [1.29, 1.82) is 0 Å². The Labute approximate surface area is 161 Å². The van der Waals surface area contributed by atoms with Gasteiger partial charge in [-0.05, 0) is 55.0 Å². The third-order valence-electron chi connectivity index (χ3n) is 4.55. The van der Waals surface area contributed by atoms with Gasteiger partial charge in [0, 0.05) is 29.1 Å². The van der Waals surface area contributed by atoms with E-state index in [0.29, 0.717) is 23.7 Å². The monoisotopic (exact) mass is 378 g/mol. The summed E-state index contributed by atoms with van der Waals surface area (Å²) in [6.07, 6.45) is 0.755. The first-order valence-corrected chi connectivity index (χ1v) is 9.05. The van der Waals surface area contributed by atoms with Crippen molar-refractivity contribution in [3.63, 3.8) is 0 Å². The fourth-order valence-electron chi connectivity index (χ4n) is 3.16. The summed E-state index contributed by atoms with van der Waals surface area (Å²) in [5, 5.41) is 1.67. The normalized spacial score (nSPS) is 11.1. The molecule has 0 aliphatic rings. The van der Waals surface area contributed by atoms with Crippen LogP contribution in [0.4, 0.5) is 10.1 Å². The molecule has 0 N–H and O–H groups in total. The second-order valence-electron chi connectivity index (χ2n) is 6.49. The second-order valence-corrected chi connectivity index (χ2v) is 6.49. The van der Waals surface area contributed by atoms with E-state index in [2.05, 4.69) is 4.98 Å². The van der Waals surface area contributed by atoms with Crippen LogP contribution in [0.5, 0.6) is 5.75 Å². The molecule has 2 aromatic heterocycles. The van der Waals surface area contributed by atoms with Crippen LogP contribution < -0.4 is 9.64 Å².